The van der Waals surface area contributed by atoms with Crippen molar-refractivity contribution in [1.82, 2.24) is 15.1 Å². The van der Waals surface area contributed by atoms with E-state index in [4.69, 9.17) is 0 Å². The van der Waals surface area contributed by atoms with Crippen molar-refractivity contribution in [3.8, 4) is 0 Å². The van der Waals surface area contributed by atoms with Crippen molar-refractivity contribution in [1.29, 1.82) is 0 Å². The first-order valence-corrected chi connectivity index (χ1v) is 7.93. The molecule has 0 aliphatic carbocycles. The highest BCUT2D eigenvalue weighted by Gasteiger charge is 2.16. The van der Waals surface area contributed by atoms with Crippen LogP contribution in [0.5, 0.6) is 0 Å². The van der Waals surface area contributed by atoms with Crippen LogP contribution in [0.4, 0.5) is 0 Å². The van der Waals surface area contributed by atoms with E-state index in [-0.39, 0.29) is 12.5 Å². The minimum absolute atomic E-state index is 0.178. The zero-order valence-corrected chi connectivity index (χ0v) is 14.2. The summed E-state index contributed by atoms with van der Waals surface area (Å²) >= 11 is 0. The van der Waals surface area contributed by atoms with E-state index in [2.05, 4.69) is 24.3 Å². The summed E-state index contributed by atoms with van der Waals surface area (Å²) in [4.78, 5) is 12.3. The van der Waals surface area contributed by atoms with Crippen molar-refractivity contribution >= 4 is 5.91 Å². The van der Waals surface area contributed by atoms with Crippen LogP contribution >= 0.6 is 0 Å². The smallest absolute Gasteiger partial charge is 0.254 e. The van der Waals surface area contributed by atoms with E-state index < -0.39 is 6.10 Å². The molecule has 1 unspecified atom stereocenters. The quantitative estimate of drug-likeness (QED) is 0.861. The number of carbonyl (C=O) groups excluding carboxylic acids is 1. The first kappa shape index (κ1) is 17.2. The van der Waals surface area contributed by atoms with Gasteiger partial charge in [0.2, 0.25) is 0 Å². The molecule has 0 aliphatic heterocycles. The third kappa shape index (κ3) is 4.42. The average Bonchev–Trinajstić information content (AvgIpc) is 2.85. The number of nitrogens with one attached hydrogen (secondary N) is 1. The molecule has 0 saturated heterocycles. The molecule has 1 aromatic heterocycles. The highest BCUT2D eigenvalue weighted by Crippen LogP contribution is 2.14. The highest BCUT2D eigenvalue weighted by atomic mass is 16.3. The predicted octanol–water partition coefficient (Wildman–Crippen LogP) is 2.62. The molecule has 2 N–H and O–H groups in total. The number of amides is 1. The zero-order valence-electron chi connectivity index (χ0n) is 14.2. The van der Waals surface area contributed by atoms with E-state index in [1.165, 1.54) is 0 Å². The second-order valence-corrected chi connectivity index (χ2v) is 6.36. The van der Waals surface area contributed by atoms with Crippen LogP contribution in [0.25, 0.3) is 0 Å². The van der Waals surface area contributed by atoms with Crippen LogP contribution in [0.15, 0.2) is 30.5 Å². The van der Waals surface area contributed by atoms with Gasteiger partial charge in [0, 0.05) is 18.8 Å². The van der Waals surface area contributed by atoms with E-state index in [9.17, 15) is 9.90 Å². The Hall–Kier alpha value is -2.14. The molecule has 5 nitrogen and oxygen atoms in total. The summed E-state index contributed by atoms with van der Waals surface area (Å²) < 4.78 is 1.84. The SMILES string of the molecule is Cc1cccc(C(O)CNC(=O)c2cnn(CC(C)C)c2C)c1. The Kier molecular flexibility index (Phi) is 5.55. The van der Waals surface area contributed by atoms with Crippen LogP contribution in [0.2, 0.25) is 0 Å². The summed E-state index contributed by atoms with van der Waals surface area (Å²) in [7, 11) is 0. The van der Waals surface area contributed by atoms with Gasteiger partial charge < -0.3 is 10.4 Å². The lowest BCUT2D eigenvalue weighted by Crippen LogP contribution is -2.28. The number of hydrogen-bond donors (Lipinski definition) is 2. The number of carbonyl (C=O) groups is 1. The number of aliphatic hydroxyl groups is 1. The lowest BCUT2D eigenvalue weighted by molar-refractivity contribution is 0.0915. The predicted molar refractivity (Wildman–Crippen MR) is 90.3 cm³/mol. The van der Waals surface area contributed by atoms with Gasteiger partial charge in [0.15, 0.2) is 0 Å². The fourth-order valence-corrected chi connectivity index (χ4v) is 2.48. The van der Waals surface area contributed by atoms with Crippen molar-refractivity contribution in [3.63, 3.8) is 0 Å². The average molecular weight is 315 g/mol. The van der Waals surface area contributed by atoms with Gasteiger partial charge in [-0.2, -0.15) is 5.10 Å². The summed E-state index contributed by atoms with van der Waals surface area (Å²) in [6.45, 7) is 9.04. The number of hydrogen-bond acceptors (Lipinski definition) is 3. The van der Waals surface area contributed by atoms with E-state index in [1.54, 1.807) is 6.20 Å². The number of rotatable bonds is 6. The number of benzene rings is 1. The number of aryl methyl sites for hydroxylation is 1. The minimum atomic E-state index is -0.718. The Bertz CT molecular complexity index is 677. The van der Waals surface area contributed by atoms with Crippen LogP contribution in [-0.2, 0) is 6.54 Å². The van der Waals surface area contributed by atoms with Gasteiger partial charge in [-0.15, -0.1) is 0 Å². The topological polar surface area (TPSA) is 67.2 Å². The Balaban J connectivity index is 1.98. The highest BCUT2D eigenvalue weighted by molar-refractivity contribution is 5.95. The molecule has 2 aromatic rings. The normalized spacial score (nSPS) is 12.4. The third-order valence-electron chi connectivity index (χ3n) is 3.77. The van der Waals surface area contributed by atoms with Gasteiger partial charge in [-0.1, -0.05) is 43.7 Å². The van der Waals surface area contributed by atoms with Crippen LogP contribution in [0, 0.1) is 19.8 Å². The molecular formula is C18H25N3O2. The van der Waals surface area contributed by atoms with E-state index in [1.807, 2.05) is 42.8 Å². The maximum Gasteiger partial charge on any atom is 0.254 e. The molecule has 0 saturated carbocycles. The Morgan fingerprint density at radius 2 is 2.09 bits per heavy atom. The maximum absolute atomic E-state index is 12.3. The van der Waals surface area contributed by atoms with Gasteiger partial charge in [0.1, 0.15) is 0 Å². The number of aromatic nitrogens is 2. The minimum Gasteiger partial charge on any atom is -0.387 e. The van der Waals surface area contributed by atoms with Crippen LogP contribution in [0.1, 0.15) is 47.1 Å². The summed E-state index contributed by atoms with van der Waals surface area (Å²) in [6.07, 6.45) is 0.872. The molecule has 1 atom stereocenters. The summed E-state index contributed by atoms with van der Waals surface area (Å²) in [5.74, 6) is 0.261. The Morgan fingerprint density at radius 3 is 2.74 bits per heavy atom. The van der Waals surface area contributed by atoms with Gasteiger partial charge in [0.25, 0.3) is 5.91 Å². The van der Waals surface area contributed by atoms with E-state index >= 15 is 0 Å². The largest absolute Gasteiger partial charge is 0.387 e. The first-order chi connectivity index (χ1) is 10.9. The molecule has 23 heavy (non-hydrogen) atoms. The molecule has 1 aromatic carbocycles. The third-order valence-corrected chi connectivity index (χ3v) is 3.77. The fraction of sp³-hybridized carbons (Fsp3) is 0.444. The molecule has 2 rings (SSSR count). The lowest BCUT2D eigenvalue weighted by atomic mass is 10.1. The van der Waals surface area contributed by atoms with Crippen LogP contribution < -0.4 is 5.32 Å². The molecule has 0 aliphatic rings. The summed E-state index contributed by atoms with van der Waals surface area (Å²) in [6, 6.07) is 7.65. The summed E-state index contributed by atoms with van der Waals surface area (Å²) in [5, 5.41) is 17.2. The standard InChI is InChI=1S/C18H25N3O2/c1-12(2)11-21-14(4)16(9-20-21)18(23)19-10-17(22)15-7-5-6-13(3)8-15/h5-9,12,17,22H,10-11H2,1-4H3,(H,19,23). The molecule has 1 amide bonds. The van der Waals surface area contributed by atoms with E-state index in [0.29, 0.717) is 11.5 Å². The van der Waals surface area contributed by atoms with Crippen molar-refractivity contribution < 1.29 is 9.90 Å². The summed E-state index contributed by atoms with van der Waals surface area (Å²) in [5.41, 5.74) is 3.29. The zero-order chi connectivity index (χ0) is 17.0. The Morgan fingerprint density at radius 1 is 1.35 bits per heavy atom. The molecule has 0 bridgehead atoms. The molecule has 124 valence electrons. The molecule has 0 fully saturated rings. The van der Waals surface area contributed by atoms with Crippen molar-refractivity contribution in [2.24, 2.45) is 5.92 Å². The van der Waals surface area contributed by atoms with Gasteiger partial charge in [0.05, 0.1) is 17.9 Å². The molecule has 5 heteroatoms. The molecule has 1 heterocycles. The second-order valence-electron chi connectivity index (χ2n) is 6.36. The number of aliphatic hydroxyl groups excluding tert-OH is 1. The van der Waals surface area contributed by atoms with Gasteiger partial charge in [-0.05, 0) is 25.3 Å². The van der Waals surface area contributed by atoms with Crippen molar-refractivity contribution in [3.05, 3.63) is 52.8 Å². The molecule has 0 radical (unpaired) electrons. The first-order valence-electron chi connectivity index (χ1n) is 7.93. The molecular weight excluding hydrogens is 290 g/mol. The molecule has 0 spiro atoms. The second kappa shape index (κ2) is 7.42. The Labute approximate surface area is 137 Å². The monoisotopic (exact) mass is 315 g/mol. The van der Waals surface area contributed by atoms with Gasteiger partial charge >= 0.3 is 0 Å². The van der Waals surface area contributed by atoms with Crippen LogP contribution in [-0.4, -0.2) is 27.3 Å². The van der Waals surface area contributed by atoms with E-state index in [0.717, 1.165) is 23.4 Å². The lowest BCUT2D eigenvalue weighted by Gasteiger charge is -2.13. The fourth-order valence-electron chi connectivity index (χ4n) is 2.48. The number of nitrogens with zero attached hydrogens (tertiary/aromatic N) is 2. The maximum atomic E-state index is 12.3. The van der Waals surface area contributed by atoms with Crippen LogP contribution in [0.3, 0.4) is 0 Å². The van der Waals surface area contributed by atoms with Gasteiger partial charge in [-0.3, -0.25) is 9.48 Å². The van der Waals surface area contributed by atoms with Gasteiger partial charge in [-0.25, -0.2) is 0 Å². The van der Waals surface area contributed by atoms with Crippen molar-refractivity contribution in [2.75, 3.05) is 6.54 Å². The van der Waals surface area contributed by atoms with Crippen molar-refractivity contribution in [2.45, 2.75) is 40.3 Å².